The first-order valence-corrected chi connectivity index (χ1v) is 7.00. The lowest BCUT2D eigenvalue weighted by Crippen LogP contribution is -2.32. The minimum absolute atomic E-state index is 0.287. The Balaban J connectivity index is 0.000000231. The van der Waals surface area contributed by atoms with Crippen molar-refractivity contribution in [2.75, 3.05) is 6.54 Å². The fraction of sp³-hybridized carbons (Fsp3) is 0.267. The second-order valence-corrected chi connectivity index (χ2v) is 4.77. The van der Waals surface area contributed by atoms with E-state index in [2.05, 4.69) is 9.97 Å². The van der Waals surface area contributed by atoms with E-state index in [0.29, 0.717) is 25.1 Å². The Labute approximate surface area is 133 Å². The predicted molar refractivity (Wildman–Crippen MR) is 85.6 cm³/mol. The predicted octanol–water partition coefficient (Wildman–Crippen LogP) is -0.349. The van der Waals surface area contributed by atoms with Gasteiger partial charge in [-0.3, -0.25) is 9.59 Å². The Bertz CT molecular complexity index is 627. The van der Waals surface area contributed by atoms with Gasteiger partial charge < -0.3 is 27.3 Å². The van der Waals surface area contributed by atoms with E-state index < -0.39 is 17.9 Å². The number of hydrogen-bond acceptors (Lipinski definition) is 5. The van der Waals surface area contributed by atoms with E-state index in [-0.39, 0.29) is 5.69 Å². The van der Waals surface area contributed by atoms with Gasteiger partial charge in [0, 0.05) is 12.1 Å². The van der Waals surface area contributed by atoms with Gasteiger partial charge in [-0.2, -0.15) is 0 Å². The maximum absolute atomic E-state index is 10.7. The van der Waals surface area contributed by atoms with Crippen LogP contribution in [0.25, 0.3) is 0 Å². The fourth-order valence-electron chi connectivity index (χ4n) is 1.82. The largest absolute Gasteiger partial charge is 0.480 e. The maximum Gasteiger partial charge on any atom is 0.320 e. The minimum atomic E-state index is -0.959. The van der Waals surface area contributed by atoms with Crippen molar-refractivity contribution >= 4 is 11.9 Å². The molecule has 0 bridgehead atoms. The Hall–Kier alpha value is -2.71. The molecule has 0 radical (unpaired) electrons. The normalized spacial score (nSPS) is 11.2. The van der Waals surface area contributed by atoms with E-state index in [4.69, 9.17) is 22.3 Å². The molecule has 8 heteroatoms. The van der Waals surface area contributed by atoms with Crippen molar-refractivity contribution in [1.29, 1.82) is 0 Å². The van der Waals surface area contributed by atoms with Crippen molar-refractivity contribution in [2.24, 2.45) is 17.2 Å². The first-order chi connectivity index (χ1) is 11.0. The number of H-pyrrole nitrogens is 1. The summed E-state index contributed by atoms with van der Waals surface area (Å²) in [7, 11) is 0. The summed E-state index contributed by atoms with van der Waals surface area (Å²) in [4.78, 5) is 27.6. The van der Waals surface area contributed by atoms with Gasteiger partial charge in [-0.15, -0.1) is 0 Å². The monoisotopic (exact) mass is 319 g/mol. The van der Waals surface area contributed by atoms with E-state index in [1.807, 2.05) is 30.3 Å². The molecule has 1 amide bonds. The van der Waals surface area contributed by atoms with Crippen molar-refractivity contribution in [3.05, 3.63) is 53.6 Å². The summed E-state index contributed by atoms with van der Waals surface area (Å²) >= 11 is 0. The lowest BCUT2D eigenvalue weighted by atomic mass is 10.1. The van der Waals surface area contributed by atoms with E-state index in [1.165, 1.54) is 6.33 Å². The molecule has 8 N–H and O–H groups in total. The molecule has 0 aliphatic heterocycles. The number of carbonyl (C=O) groups excluding carboxylic acids is 1. The van der Waals surface area contributed by atoms with Gasteiger partial charge in [-0.25, -0.2) is 4.98 Å². The summed E-state index contributed by atoms with van der Waals surface area (Å²) in [5.41, 5.74) is 17.6. The highest BCUT2D eigenvalue weighted by Crippen LogP contribution is 2.01. The molecule has 23 heavy (non-hydrogen) atoms. The zero-order chi connectivity index (χ0) is 17.2. The quantitative estimate of drug-likeness (QED) is 0.489. The number of primary amides is 1. The average molecular weight is 319 g/mol. The number of aliphatic carboxylic acids is 1. The van der Waals surface area contributed by atoms with E-state index in [9.17, 15) is 9.59 Å². The fourth-order valence-corrected chi connectivity index (χ4v) is 1.82. The smallest absolute Gasteiger partial charge is 0.320 e. The molecule has 0 fully saturated rings. The topological polar surface area (TPSA) is 161 Å². The molecule has 0 saturated carbocycles. The lowest BCUT2D eigenvalue weighted by Gasteiger charge is -2.04. The molecule has 1 aromatic carbocycles. The first kappa shape index (κ1) is 18.3. The number of aromatic nitrogens is 2. The second kappa shape index (κ2) is 9.34. The molecular weight excluding hydrogens is 298 g/mol. The van der Waals surface area contributed by atoms with Gasteiger partial charge in [0.25, 0.3) is 5.91 Å². The number of amides is 1. The van der Waals surface area contributed by atoms with Crippen molar-refractivity contribution < 1.29 is 14.7 Å². The van der Waals surface area contributed by atoms with Gasteiger partial charge in [-0.05, 0) is 18.5 Å². The van der Waals surface area contributed by atoms with Crippen molar-refractivity contribution in [2.45, 2.75) is 18.9 Å². The molecule has 2 rings (SSSR count). The summed E-state index contributed by atoms with van der Waals surface area (Å²) in [6.07, 6.45) is 2.42. The van der Waals surface area contributed by atoms with Crippen LogP contribution >= 0.6 is 0 Å². The third-order valence-electron chi connectivity index (χ3n) is 2.96. The van der Waals surface area contributed by atoms with Crippen LogP contribution in [0.2, 0.25) is 0 Å². The Morgan fingerprint density at radius 2 is 1.91 bits per heavy atom. The summed E-state index contributed by atoms with van der Waals surface area (Å²) in [6.45, 7) is 0.475. The molecule has 2 aromatic rings. The van der Waals surface area contributed by atoms with Gasteiger partial charge in [0.05, 0.1) is 6.33 Å². The number of imidazole rings is 1. The molecule has 0 saturated heterocycles. The number of carboxylic acid groups (broad SMARTS) is 1. The molecule has 1 aromatic heterocycles. The summed E-state index contributed by atoms with van der Waals surface area (Å²) in [5, 5.41) is 8.52. The van der Waals surface area contributed by atoms with Gasteiger partial charge in [-0.1, -0.05) is 30.3 Å². The first-order valence-electron chi connectivity index (χ1n) is 7.00. The molecule has 0 aliphatic rings. The number of hydrogen-bond donors (Lipinski definition) is 5. The Morgan fingerprint density at radius 3 is 2.43 bits per heavy atom. The molecule has 1 heterocycles. The van der Waals surface area contributed by atoms with Crippen LogP contribution in [-0.2, 0) is 17.6 Å². The highest BCUT2D eigenvalue weighted by molar-refractivity contribution is 5.91. The van der Waals surface area contributed by atoms with Crippen LogP contribution in [0, 0.1) is 0 Å². The molecule has 0 spiro atoms. The average Bonchev–Trinajstić information content (AvgIpc) is 2.98. The maximum atomic E-state index is 10.7. The van der Waals surface area contributed by atoms with Crippen molar-refractivity contribution in [3.8, 4) is 0 Å². The highest BCUT2D eigenvalue weighted by Gasteiger charge is 2.11. The van der Waals surface area contributed by atoms with Crippen LogP contribution in [-0.4, -0.2) is 39.5 Å². The number of nitrogens with one attached hydrogen (secondary N) is 1. The molecule has 8 nitrogen and oxygen atoms in total. The number of aromatic amines is 1. The molecule has 0 unspecified atom stereocenters. The molecule has 124 valence electrons. The van der Waals surface area contributed by atoms with Gasteiger partial charge in [0.1, 0.15) is 11.7 Å². The number of nitrogens with two attached hydrogens (primary N) is 3. The standard InChI is InChI=1S/C9H11NO2.C6H10N4O/c10-8(9(11)12)6-7-4-2-1-3-5-7;7-2-1-4-5(6(8)11)10-3-9-4/h1-5,8H,6,10H2,(H,11,12);3H,1-2,7H2,(H2,8,11)(H,9,10)/t8-;/m1./s1. The van der Waals surface area contributed by atoms with Crippen LogP contribution in [0.15, 0.2) is 36.7 Å². The van der Waals surface area contributed by atoms with Crippen molar-refractivity contribution in [1.82, 2.24) is 9.97 Å². The Morgan fingerprint density at radius 1 is 1.26 bits per heavy atom. The molecular formula is C15H21N5O3. The number of benzene rings is 1. The zero-order valence-corrected chi connectivity index (χ0v) is 12.6. The summed E-state index contributed by atoms with van der Waals surface area (Å²) < 4.78 is 0. The van der Waals surface area contributed by atoms with Gasteiger partial charge >= 0.3 is 5.97 Å². The van der Waals surface area contributed by atoms with E-state index >= 15 is 0 Å². The zero-order valence-electron chi connectivity index (χ0n) is 12.6. The minimum Gasteiger partial charge on any atom is -0.480 e. The van der Waals surface area contributed by atoms with E-state index in [0.717, 1.165) is 5.56 Å². The van der Waals surface area contributed by atoms with Crippen LogP contribution in [0.1, 0.15) is 21.7 Å². The number of carboxylic acids is 1. The second-order valence-electron chi connectivity index (χ2n) is 4.77. The number of rotatable bonds is 6. The number of carbonyl (C=O) groups is 2. The van der Waals surface area contributed by atoms with Gasteiger partial charge in [0.15, 0.2) is 0 Å². The lowest BCUT2D eigenvalue weighted by molar-refractivity contribution is -0.138. The Kier molecular flexibility index (Phi) is 7.44. The third kappa shape index (κ3) is 6.29. The van der Waals surface area contributed by atoms with Crippen LogP contribution in [0.3, 0.4) is 0 Å². The number of nitrogens with zero attached hydrogens (tertiary/aromatic N) is 1. The highest BCUT2D eigenvalue weighted by atomic mass is 16.4. The molecule has 1 atom stereocenters. The van der Waals surface area contributed by atoms with Gasteiger partial charge in [0.2, 0.25) is 0 Å². The SMILES string of the molecule is NCCc1[nH]cnc1C(N)=O.N[C@H](Cc1ccccc1)C(=O)O. The van der Waals surface area contributed by atoms with Crippen molar-refractivity contribution in [3.63, 3.8) is 0 Å². The van der Waals surface area contributed by atoms with Crippen LogP contribution in [0.5, 0.6) is 0 Å². The molecule has 0 aliphatic carbocycles. The van der Waals surface area contributed by atoms with Crippen LogP contribution in [0.4, 0.5) is 0 Å². The third-order valence-corrected chi connectivity index (χ3v) is 2.96. The summed E-state index contributed by atoms with van der Waals surface area (Å²) in [6, 6.07) is 8.54. The van der Waals surface area contributed by atoms with E-state index in [1.54, 1.807) is 0 Å². The summed E-state index contributed by atoms with van der Waals surface area (Å²) in [5.74, 6) is -1.48. The van der Waals surface area contributed by atoms with Crippen LogP contribution < -0.4 is 17.2 Å².